The molecule has 6 heteroatoms. The first-order chi connectivity index (χ1) is 11.2. The number of fused-ring (bicyclic) bond motifs is 2. The molecule has 2 aromatic heterocycles. The first-order valence-corrected chi connectivity index (χ1v) is 7.60. The number of likely N-dealkylation sites (N-methyl/N-ethyl adjacent to an activating group) is 1. The van der Waals surface area contributed by atoms with E-state index in [9.17, 15) is 4.79 Å². The van der Waals surface area contributed by atoms with E-state index in [1.807, 2.05) is 48.5 Å². The van der Waals surface area contributed by atoms with Crippen LogP contribution in [0, 0.1) is 0 Å². The highest BCUT2D eigenvalue weighted by molar-refractivity contribution is 6.04. The zero-order chi connectivity index (χ0) is 15.8. The predicted octanol–water partition coefficient (Wildman–Crippen LogP) is 2.05. The van der Waals surface area contributed by atoms with Crippen LogP contribution in [-0.4, -0.2) is 46.1 Å². The number of aromatic nitrogens is 3. The van der Waals surface area contributed by atoms with Gasteiger partial charge in [-0.1, -0.05) is 18.2 Å². The lowest BCUT2D eigenvalue weighted by Gasteiger charge is -2.20. The summed E-state index contributed by atoms with van der Waals surface area (Å²) in [7, 11) is 2.04. The van der Waals surface area contributed by atoms with E-state index in [1.54, 1.807) is 6.20 Å². The molecular weight excluding hydrogens is 290 g/mol. The fourth-order valence-corrected chi connectivity index (χ4v) is 3.04. The van der Waals surface area contributed by atoms with Crippen LogP contribution >= 0.6 is 0 Å². The first kappa shape index (κ1) is 13.8. The monoisotopic (exact) mass is 307 g/mol. The molecular formula is C17H17N5O. The van der Waals surface area contributed by atoms with Crippen molar-refractivity contribution >= 4 is 22.5 Å². The van der Waals surface area contributed by atoms with Crippen molar-refractivity contribution in [1.29, 1.82) is 0 Å². The van der Waals surface area contributed by atoms with E-state index in [4.69, 9.17) is 0 Å². The van der Waals surface area contributed by atoms with E-state index >= 15 is 0 Å². The molecule has 1 aliphatic heterocycles. The summed E-state index contributed by atoms with van der Waals surface area (Å²) < 4.78 is 0. The molecule has 1 aromatic carbocycles. The summed E-state index contributed by atoms with van der Waals surface area (Å²) in [6, 6.07) is 9.69. The number of hydrogen-bond acceptors (Lipinski definition) is 4. The Morgan fingerprint density at radius 3 is 3.00 bits per heavy atom. The molecule has 3 heterocycles. The van der Waals surface area contributed by atoms with E-state index in [1.165, 1.54) is 0 Å². The number of carbonyl (C=O) groups excluding carboxylic acids is 1. The second kappa shape index (κ2) is 5.39. The molecule has 0 saturated heterocycles. The largest absolute Gasteiger partial charge is 0.372 e. The van der Waals surface area contributed by atoms with Crippen molar-refractivity contribution in [3.63, 3.8) is 0 Å². The van der Waals surface area contributed by atoms with E-state index in [0.717, 1.165) is 28.7 Å². The van der Waals surface area contributed by atoms with Gasteiger partial charge in [0.1, 0.15) is 0 Å². The highest BCUT2D eigenvalue weighted by Gasteiger charge is 2.25. The number of benzene rings is 1. The molecule has 0 radical (unpaired) electrons. The summed E-state index contributed by atoms with van der Waals surface area (Å²) in [4.78, 5) is 21.1. The average molecular weight is 307 g/mol. The lowest BCUT2D eigenvalue weighted by molar-refractivity contribution is 0.0747. The Morgan fingerprint density at radius 1 is 1.22 bits per heavy atom. The van der Waals surface area contributed by atoms with Gasteiger partial charge in [0.2, 0.25) is 0 Å². The zero-order valence-electron chi connectivity index (χ0n) is 12.9. The molecule has 1 N–H and O–H groups in total. The van der Waals surface area contributed by atoms with Crippen molar-refractivity contribution < 1.29 is 4.79 Å². The van der Waals surface area contributed by atoms with Crippen molar-refractivity contribution in [1.82, 2.24) is 20.1 Å². The molecule has 0 spiro atoms. The third-order valence-corrected chi connectivity index (χ3v) is 4.32. The van der Waals surface area contributed by atoms with Gasteiger partial charge in [0.25, 0.3) is 5.91 Å². The minimum absolute atomic E-state index is 0.0486. The molecule has 1 aliphatic rings. The Hall–Kier alpha value is -2.89. The van der Waals surface area contributed by atoms with Crippen LogP contribution in [0.3, 0.4) is 0 Å². The number of H-pyrrole nitrogens is 1. The zero-order valence-corrected chi connectivity index (χ0v) is 12.9. The quantitative estimate of drug-likeness (QED) is 0.747. The number of carbonyl (C=O) groups is 1. The fourth-order valence-electron chi connectivity index (χ4n) is 3.04. The molecule has 3 aromatic rings. The Bertz CT molecular complexity index is 872. The molecule has 1 amide bonds. The maximum atomic E-state index is 12.9. The smallest absolute Gasteiger partial charge is 0.275 e. The van der Waals surface area contributed by atoms with Gasteiger partial charge in [-0.05, 0) is 12.1 Å². The molecule has 0 aliphatic carbocycles. The van der Waals surface area contributed by atoms with Crippen LogP contribution < -0.4 is 4.90 Å². The standard InChI is InChI=1S/C17H17N5O/c1-21-8-9-22(11-12-10-18-7-6-15(12)21)17(23)16-13-4-2-3-5-14(13)19-20-16/h2-7,10H,8-9,11H2,1H3,(H,19,20). The van der Waals surface area contributed by atoms with Gasteiger partial charge in [0.15, 0.2) is 5.69 Å². The van der Waals surface area contributed by atoms with Gasteiger partial charge < -0.3 is 9.80 Å². The first-order valence-electron chi connectivity index (χ1n) is 7.60. The van der Waals surface area contributed by atoms with E-state index in [2.05, 4.69) is 20.1 Å². The van der Waals surface area contributed by atoms with Gasteiger partial charge in [0.05, 0.1) is 5.52 Å². The topological polar surface area (TPSA) is 65.1 Å². The number of rotatable bonds is 1. The maximum Gasteiger partial charge on any atom is 0.275 e. The number of hydrogen-bond donors (Lipinski definition) is 1. The summed E-state index contributed by atoms with van der Waals surface area (Å²) in [5.41, 5.74) is 3.54. The van der Waals surface area contributed by atoms with Gasteiger partial charge in [0, 0.05) is 55.7 Å². The molecule has 0 saturated carbocycles. The summed E-state index contributed by atoms with van der Waals surface area (Å²) >= 11 is 0. The molecule has 6 nitrogen and oxygen atoms in total. The van der Waals surface area contributed by atoms with Crippen molar-refractivity contribution in [3.05, 3.63) is 54.0 Å². The highest BCUT2D eigenvalue weighted by atomic mass is 16.2. The van der Waals surface area contributed by atoms with Gasteiger partial charge >= 0.3 is 0 Å². The second-order valence-electron chi connectivity index (χ2n) is 5.77. The number of nitrogens with zero attached hydrogens (tertiary/aromatic N) is 4. The second-order valence-corrected chi connectivity index (χ2v) is 5.77. The summed E-state index contributed by atoms with van der Waals surface area (Å²) in [5, 5.41) is 8.02. The molecule has 0 atom stereocenters. The minimum Gasteiger partial charge on any atom is -0.372 e. The lowest BCUT2D eigenvalue weighted by Crippen LogP contribution is -2.34. The van der Waals surface area contributed by atoms with Crippen molar-refractivity contribution in [2.24, 2.45) is 0 Å². The van der Waals surface area contributed by atoms with Gasteiger partial charge in [-0.3, -0.25) is 14.9 Å². The predicted molar refractivity (Wildman–Crippen MR) is 88.3 cm³/mol. The number of nitrogens with one attached hydrogen (secondary N) is 1. The number of anilines is 1. The summed E-state index contributed by atoms with van der Waals surface area (Å²) in [6.45, 7) is 1.99. The van der Waals surface area contributed by atoms with Crippen LogP contribution in [0.2, 0.25) is 0 Å². The third-order valence-electron chi connectivity index (χ3n) is 4.32. The average Bonchev–Trinajstić information content (AvgIpc) is 2.94. The van der Waals surface area contributed by atoms with Crippen molar-refractivity contribution in [2.45, 2.75) is 6.54 Å². The normalized spacial score (nSPS) is 14.7. The van der Waals surface area contributed by atoms with Crippen LogP contribution in [0.15, 0.2) is 42.7 Å². The van der Waals surface area contributed by atoms with Crippen molar-refractivity contribution in [3.8, 4) is 0 Å². The van der Waals surface area contributed by atoms with Crippen LogP contribution in [0.5, 0.6) is 0 Å². The molecule has 23 heavy (non-hydrogen) atoms. The van der Waals surface area contributed by atoms with Crippen LogP contribution in [0.4, 0.5) is 5.69 Å². The number of para-hydroxylation sites is 1. The van der Waals surface area contributed by atoms with Crippen LogP contribution in [-0.2, 0) is 6.54 Å². The molecule has 0 unspecified atom stereocenters. The fraction of sp³-hybridized carbons (Fsp3) is 0.235. The van der Waals surface area contributed by atoms with Gasteiger partial charge in [-0.15, -0.1) is 0 Å². The van der Waals surface area contributed by atoms with Gasteiger partial charge in [-0.25, -0.2) is 0 Å². The molecule has 0 bridgehead atoms. The molecule has 116 valence electrons. The third kappa shape index (κ3) is 2.32. The number of amides is 1. The number of pyridine rings is 1. The Morgan fingerprint density at radius 2 is 2.09 bits per heavy atom. The molecule has 4 rings (SSSR count). The van der Waals surface area contributed by atoms with Crippen LogP contribution in [0.1, 0.15) is 16.1 Å². The summed E-state index contributed by atoms with van der Waals surface area (Å²) in [5.74, 6) is -0.0486. The highest BCUT2D eigenvalue weighted by Crippen LogP contribution is 2.24. The Labute approximate surface area is 133 Å². The minimum atomic E-state index is -0.0486. The maximum absolute atomic E-state index is 12.9. The van der Waals surface area contributed by atoms with Gasteiger partial charge in [-0.2, -0.15) is 5.10 Å². The Balaban J connectivity index is 1.69. The van der Waals surface area contributed by atoms with E-state index in [0.29, 0.717) is 18.8 Å². The van der Waals surface area contributed by atoms with Crippen LogP contribution in [0.25, 0.3) is 10.9 Å². The summed E-state index contributed by atoms with van der Waals surface area (Å²) in [6.07, 6.45) is 3.62. The van der Waals surface area contributed by atoms with E-state index in [-0.39, 0.29) is 5.91 Å². The lowest BCUT2D eigenvalue weighted by atomic mass is 10.2. The van der Waals surface area contributed by atoms with E-state index < -0.39 is 0 Å². The SMILES string of the molecule is CN1CCN(C(=O)c2n[nH]c3ccccc23)Cc2cnccc21. The molecule has 0 fully saturated rings. The number of aromatic amines is 1. The Kier molecular flexibility index (Phi) is 3.22. The van der Waals surface area contributed by atoms with Crippen molar-refractivity contribution in [2.75, 3.05) is 25.0 Å².